The number of aromatic hydroxyl groups is 1. The van der Waals surface area contributed by atoms with Crippen molar-refractivity contribution in [1.82, 2.24) is 4.98 Å². The summed E-state index contributed by atoms with van der Waals surface area (Å²) in [6.07, 6.45) is 1.73. The summed E-state index contributed by atoms with van der Waals surface area (Å²) in [5.74, 6) is 0.897. The molecule has 0 aliphatic rings. The van der Waals surface area contributed by atoms with Crippen molar-refractivity contribution >= 4 is 11.8 Å². The second kappa shape index (κ2) is 5.37. The highest BCUT2D eigenvalue weighted by Crippen LogP contribution is 2.27. The molecule has 0 radical (unpaired) electrons. The molecule has 0 aromatic carbocycles. The fourth-order valence-electron chi connectivity index (χ4n) is 1.24. The summed E-state index contributed by atoms with van der Waals surface area (Å²) in [7, 11) is 0. The zero-order chi connectivity index (χ0) is 11.4. The summed E-state index contributed by atoms with van der Waals surface area (Å²) in [5, 5.41) is 19.4. The maximum absolute atomic E-state index is 9.71. The van der Waals surface area contributed by atoms with Crippen LogP contribution in [0.2, 0.25) is 0 Å². The predicted molar refractivity (Wildman–Crippen MR) is 63.0 cm³/mol. The van der Waals surface area contributed by atoms with Crippen LogP contribution in [0.3, 0.4) is 0 Å². The Morgan fingerprint density at radius 2 is 2.13 bits per heavy atom. The molecule has 0 saturated carbocycles. The van der Waals surface area contributed by atoms with Crippen LogP contribution in [0.15, 0.2) is 6.20 Å². The van der Waals surface area contributed by atoms with E-state index in [4.69, 9.17) is 0 Å². The van der Waals surface area contributed by atoms with Gasteiger partial charge in [0.2, 0.25) is 0 Å². The summed E-state index contributed by atoms with van der Waals surface area (Å²) in [6.45, 7) is 5.83. The Labute approximate surface area is 94.6 Å². The summed E-state index contributed by atoms with van der Waals surface area (Å²) in [5.41, 5.74) is 2.09. The zero-order valence-electron chi connectivity index (χ0n) is 9.32. The minimum atomic E-state index is -0.136. The second-order valence-corrected chi connectivity index (χ2v) is 5.28. The summed E-state index contributed by atoms with van der Waals surface area (Å²) >= 11 is 1.77. The highest BCUT2D eigenvalue weighted by molar-refractivity contribution is 7.99. The van der Waals surface area contributed by atoms with Crippen LogP contribution in [0.5, 0.6) is 5.75 Å². The molecule has 0 aliphatic carbocycles. The first kappa shape index (κ1) is 12.3. The number of nitrogens with zero attached hydrogens (tertiary/aromatic N) is 1. The summed E-state index contributed by atoms with van der Waals surface area (Å²) in [4.78, 5) is 4.09. The van der Waals surface area contributed by atoms with Crippen molar-refractivity contribution in [3.63, 3.8) is 0 Å². The van der Waals surface area contributed by atoms with Gasteiger partial charge < -0.3 is 10.2 Å². The van der Waals surface area contributed by atoms with Gasteiger partial charge in [-0.2, -0.15) is 11.8 Å². The first-order valence-electron chi connectivity index (χ1n) is 4.95. The molecule has 2 N–H and O–H groups in total. The lowest BCUT2D eigenvalue weighted by molar-refractivity contribution is 0.274. The number of aliphatic hydroxyl groups excluding tert-OH is 1. The Morgan fingerprint density at radius 1 is 1.47 bits per heavy atom. The quantitative estimate of drug-likeness (QED) is 0.828. The van der Waals surface area contributed by atoms with E-state index in [2.05, 4.69) is 18.8 Å². The number of rotatable bonds is 4. The van der Waals surface area contributed by atoms with Crippen LogP contribution in [-0.2, 0) is 12.4 Å². The van der Waals surface area contributed by atoms with Crippen molar-refractivity contribution in [2.75, 3.05) is 0 Å². The molecule has 15 heavy (non-hydrogen) atoms. The van der Waals surface area contributed by atoms with E-state index in [1.54, 1.807) is 24.9 Å². The van der Waals surface area contributed by atoms with Gasteiger partial charge >= 0.3 is 0 Å². The van der Waals surface area contributed by atoms with Gasteiger partial charge in [-0.25, -0.2) is 0 Å². The molecule has 0 amide bonds. The van der Waals surface area contributed by atoms with Gasteiger partial charge in [0.1, 0.15) is 5.75 Å². The van der Waals surface area contributed by atoms with E-state index >= 15 is 0 Å². The van der Waals surface area contributed by atoms with Gasteiger partial charge in [-0.05, 0) is 17.7 Å². The smallest absolute Gasteiger partial charge is 0.142 e. The monoisotopic (exact) mass is 227 g/mol. The maximum Gasteiger partial charge on any atom is 0.142 e. The number of hydrogen-bond acceptors (Lipinski definition) is 4. The van der Waals surface area contributed by atoms with Gasteiger partial charge in [0.05, 0.1) is 12.3 Å². The molecule has 0 fully saturated rings. The third kappa shape index (κ3) is 3.11. The van der Waals surface area contributed by atoms with Crippen molar-refractivity contribution in [3.05, 3.63) is 23.0 Å². The van der Waals surface area contributed by atoms with Crippen LogP contribution in [0.1, 0.15) is 30.7 Å². The Balaban J connectivity index is 2.92. The highest BCUT2D eigenvalue weighted by Gasteiger charge is 2.11. The molecule has 0 spiro atoms. The lowest BCUT2D eigenvalue weighted by atomic mass is 10.1. The van der Waals surface area contributed by atoms with Crippen LogP contribution < -0.4 is 0 Å². The molecular weight excluding hydrogens is 210 g/mol. The number of hydrogen-bond donors (Lipinski definition) is 2. The lowest BCUT2D eigenvalue weighted by Crippen LogP contribution is -1.99. The molecular formula is C11H17NO2S. The van der Waals surface area contributed by atoms with Crippen molar-refractivity contribution in [2.24, 2.45) is 0 Å². The minimum absolute atomic E-state index is 0.124. The van der Waals surface area contributed by atoms with Crippen molar-refractivity contribution < 1.29 is 10.2 Å². The minimum Gasteiger partial charge on any atom is -0.506 e. The van der Waals surface area contributed by atoms with E-state index in [0.717, 1.165) is 11.3 Å². The largest absolute Gasteiger partial charge is 0.506 e. The average molecular weight is 227 g/mol. The first-order valence-corrected chi connectivity index (χ1v) is 6.00. The van der Waals surface area contributed by atoms with Crippen molar-refractivity contribution in [3.8, 4) is 5.75 Å². The average Bonchev–Trinajstić information content (AvgIpc) is 2.19. The van der Waals surface area contributed by atoms with Crippen LogP contribution >= 0.6 is 11.8 Å². The third-order valence-electron chi connectivity index (χ3n) is 2.16. The number of aliphatic hydroxyl groups is 1. The molecule has 3 nitrogen and oxygen atoms in total. The normalized spacial score (nSPS) is 11.0. The van der Waals surface area contributed by atoms with Crippen LogP contribution in [0.25, 0.3) is 0 Å². The van der Waals surface area contributed by atoms with Gasteiger partial charge in [0.25, 0.3) is 0 Å². The lowest BCUT2D eigenvalue weighted by Gasteiger charge is -2.11. The topological polar surface area (TPSA) is 53.4 Å². The molecule has 0 saturated heterocycles. The number of aryl methyl sites for hydroxylation is 1. The summed E-state index contributed by atoms with van der Waals surface area (Å²) in [6, 6.07) is 0. The molecule has 0 bridgehead atoms. The second-order valence-electron chi connectivity index (χ2n) is 3.71. The van der Waals surface area contributed by atoms with Crippen molar-refractivity contribution in [2.45, 2.75) is 38.4 Å². The van der Waals surface area contributed by atoms with E-state index in [1.165, 1.54) is 0 Å². The fraction of sp³-hybridized carbons (Fsp3) is 0.545. The van der Waals surface area contributed by atoms with E-state index < -0.39 is 0 Å². The number of thioether (sulfide) groups is 1. The van der Waals surface area contributed by atoms with Crippen LogP contribution in [0.4, 0.5) is 0 Å². The SMILES string of the molecule is Cc1ncc(CSC(C)C)c(CO)c1O. The van der Waals surface area contributed by atoms with Gasteiger partial charge in [0, 0.05) is 17.5 Å². The Hall–Kier alpha value is -0.740. The first-order chi connectivity index (χ1) is 7.06. The van der Waals surface area contributed by atoms with Gasteiger partial charge in [-0.15, -0.1) is 0 Å². The van der Waals surface area contributed by atoms with Crippen molar-refractivity contribution in [1.29, 1.82) is 0 Å². The van der Waals surface area contributed by atoms with E-state index in [-0.39, 0.29) is 12.4 Å². The molecule has 1 aromatic rings. The van der Waals surface area contributed by atoms with E-state index in [0.29, 0.717) is 16.5 Å². The molecule has 84 valence electrons. The zero-order valence-corrected chi connectivity index (χ0v) is 10.1. The molecule has 0 aliphatic heterocycles. The standard InChI is InChI=1S/C11H17NO2S/c1-7(2)15-6-9-4-12-8(3)11(14)10(9)5-13/h4,7,13-14H,5-6H2,1-3H3. The number of pyridine rings is 1. The molecule has 1 aromatic heterocycles. The van der Waals surface area contributed by atoms with Crippen LogP contribution in [0, 0.1) is 6.92 Å². The molecule has 1 heterocycles. The molecule has 0 unspecified atom stereocenters. The highest BCUT2D eigenvalue weighted by atomic mass is 32.2. The third-order valence-corrected chi connectivity index (χ3v) is 3.30. The Kier molecular flexibility index (Phi) is 4.42. The van der Waals surface area contributed by atoms with E-state index in [1.807, 2.05) is 0 Å². The molecule has 0 atom stereocenters. The molecule has 1 rings (SSSR count). The molecule has 4 heteroatoms. The van der Waals surface area contributed by atoms with Gasteiger partial charge in [-0.1, -0.05) is 13.8 Å². The Morgan fingerprint density at radius 3 is 2.67 bits per heavy atom. The van der Waals surface area contributed by atoms with E-state index in [9.17, 15) is 10.2 Å². The predicted octanol–water partition coefficient (Wildman–Crippen LogP) is 2.23. The number of aromatic nitrogens is 1. The summed E-state index contributed by atoms with van der Waals surface area (Å²) < 4.78 is 0. The van der Waals surface area contributed by atoms with Crippen LogP contribution in [-0.4, -0.2) is 20.4 Å². The van der Waals surface area contributed by atoms with Gasteiger partial charge in [-0.3, -0.25) is 4.98 Å². The maximum atomic E-state index is 9.71. The Bertz CT molecular complexity index is 340. The van der Waals surface area contributed by atoms with Gasteiger partial charge in [0.15, 0.2) is 0 Å². The fourth-order valence-corrected chi connectivity index (χ4v) is 2.00.